The van der Waals surface area contributed by atoms with E-state index in [0.29, 0.717) is 5.02 Å². The lowest BCUT2D eigenvalue weighted by atomic mass is 10.1. The molecule has 0 aliphatic heterocycles. The van der Waals surface area contributed by atoms with Crippen molar-refractivity contribution in [2.45, 2.75) is 20.0 Å². The van der Waals surface area contributed by atoms with Crippen LogP contribution < -0.4 is 0 Å². The molecule has 0 fully saturated rings. The van der Waals surface area contributed by atoms with Crippen molar-refractivity contribution in [3.05, 3.63) is 34.3 Å². The zero-order valence-electron chi connectivity index (χ0n) is 7.63. The van der Waals surface area contributed by atoms with Gasteiger partial charge in [-0.3, -0.25) is 0 Å². The zero-order chi connectivity index (χ0) is 9.84. The van der Waals surface area contributed by atoms with Gasteiger partial charge in [-0.25, -0.2) is 0 Å². The molecule has 2 heteroatoms. The van der Waals surface area contributed by atoms with Crippen LogP contribution in [0.1, 0.15) is 18.1 Å². The predicted molar refractivity (Wildman–Crippen MR) is 54.7 cm³/mol. The summed E-state index contributed by atoms with van der Waals surface area (Å²) in [7, 11) is 0. The van der Waals surface area contributed by atoms with E-state index in [0.717, 1.165) is 11.1 Å². The second kappa shape index (κ2) is 4.32. The molecular weight excluding hydrogens is 184 g/mol. The van der Waals surface area contributed by atoms with Crippen molar-refractivity contribution in [2.24, 2.45) is 0 Å². The molecule has 0 saturated carbocycles. The first kappa shape index (κ1) is 10.1. The lowest BCUT2D eigenvalue weighted by Gasteiger charge is -1.99. The van der Waals surface area contributed by atoms with Crippen LogP contribution in [0.4, 0.5) is 0 Å². The fraction of sp³-hybridized carbons (Fsp3) is 0.273. The maximum absolute atomic E-state index is 8.97. The zero-order valence-corrected chi connectivity index (χ0v) is 8.39. The van der Waals surface area contributed by atoms with Crippen LogP contribution in [0, 0.1) is 18.8 Å². The van der Waals surface area contributed by atoms with E-state index >= 15 is 0 Å². The molecule has 1 nitrogen and oxygen atoms in total. The van der Waals surface area contributed by atoms with Gasteiger partial charge in [0.15, 0.2) is 0 Å². The van der Waals surface area contributed by atoms with Gasteiger partial charge in [0.2, 0.25) is 0 Å². The summed E-state index contributed by atoms with van der Waals surface area (Å²) in [6, 6.07) is 5.56. The first-order chi connectivity index (χ1) is 6.11. The van der Waals surface area contributed by atoms with Crippen LogP contribution in [-0.2, 0) is 0 Å². The molecule has 0 saturated heterocycles. The molecule has 1 atom stereocenters. The molecule has 0 radical (unpaired) electrons. The highest BCUT2D eigenvalue weighted by Crippen LogP contribution is 2.17. The number of hydrogen-bond donors (Lipinski definition) is 1. The summed E-state index contributed by atoms with van der Waals surface area (Å²) in [6.07, 6.45) is -0.599. The summed E-state index contributed by atoms with van der Waals surface area (Å²) in [4.78, 5) is 0. The van der Waals surface area contributed by atoms with Crippen LogP contribution in [0.2, 0.25) is 5.02 Å². The van der Waals surface area contributed by atoms with Crippen LogP contribution in [0.3, 0.4) is 0 Å². The number of aliphatic hydroxyl groups is 1. The second-order valence-corrected chi connectivity index (χ2v) is 3.26. The third-order valence-corrected chi connectivity index (χ3v) is 2.09. The highest BCUT2D eigenvalue weighted by atomic mass is 35.5. The number of hydrogen-bond acceptors (Lipinski definition) is 1. The van der Waals surface area contributed by atoms with Crippen LogP contribution in [0.5, 0.6) is 0 Å². The normalized spacial score (nSPS) is 11.7. The molecule has 0 aliphatic rings. The Balaban J connectivity index is 3.04. The van der Waals surface area contributed by atoms with Crippen LogP contribution in [0.15, 0.2) is 18.2 Å². The van der Waals surface area contributed by atoms with Gasteiger partial charge in [-0.1, -0.05) is 29.5 Å². The topological polar surface area (TPSA) is 20.2 Å². The Hall–Kier alpha value is -0.970. The Bertz CT molecular complexity index is 358. The summed E-state index contributed by atoms with van der Waals surface area (Å²) in [5.74, 6) is 5.55. The van der Waals surface area contributed by atoms with Crippen molar-refractivity contribution >= 4 is 11.6 Å². The summed E-state index contributed by atoms with van der Waals surface area (Å²) >= 11 is 5.90. The van der Waals surface area contributed by atoms with Gasteiger partial charge >= 0.3 is 0 Å². The number of rotatable bonds is 0. The smallest absolute Gasteiger partial charge is 0.112 e. The largest absolute Gasteiger partial charge is 0.381 e. The monoisotopic (exact) mass is 194 g/mol. The SMILES string of the molecule is Cc1c(Cl)cccc1C#CC(C)O. The van der Waals surface area contributed by atoms with E-state index in [4.69, 9.17) is 16.7 Å². The standard InChI is InChI=1S/C11H11ClO/c1-8(13)6-7-10-4-3-5-11(12)9(10)2/h3-5,8,13H,1-2H3. The highest BCUT2D eigenvalue weighted by Gasteiger charge is 1.98. The molecule has 0 bridgehead atoms. The average Bonchev–Trinajstić information content (AvgIpc) is 2.07. The van der Waals surface area contributed by atoms with E-state index in [-0.39, 0.29) is 0 Å². The number of benzene rings is 1. The Morgan fingerprint density at radius 2 is 2.15 bits per heavy atom. The molecule has 1 N–H and O–H groups in total. The van der Waals surface area contributed by atoms with Crippen molar-refractivity contribution in [2.75, 3.05) is 0 Å². The molecular formula is C11H11ClO. The van der Waals surface area contributed by atoms with Gasteiger partial charge in [0, 0.05) is 10.6 Å². The third kappa shape index (κ3) is 2.77. The predicted octanol–water partition coefficient (Wildman–Crippen LogP) is 2.38. The summed E-state index contributed by atoms with van der Waals surface area (Å²) in [5.41, 5.74) is 1.82. The van der Waals surface area contributed by atoms with Crippen LogP contribution in [-0.4, -0.2) is 11.2 Å². The second-order valence-electron chi connectivity index (χ2n) is 2.86. The number of halogens is 1. The van der Waals surface area contributed by atoms with E-state index in [2.05, 4.69) is 11.8 Å². The average molecular weight is 195 g/mol. The van der Waals surface area contributed by atoms with Gasteiger partial charge in [-0.15, -0.1) is 0 Å². The van der Waals surface area contributed by atoms with E-state index in [1.165, 1.54) is 0 Å². The van der Waals surface area contributed by atoms with Gasteiger partial charge in [-0.05, 0) is 31.5 Å². The maximum atomic E-state index is 8.97. The van der Waals surface area contributed by atoms with Gasteiger partial charge < -0.3 is 5.11 Å². The van der Waals surface area contributed by atoms with Crippen LogP contribution >= 0.6 is 11.6 Å². The molecule has 1 aromatic carbocycles. The summed E-state index contributed by atoms with van der Waals surface area (Å²) in [6.45, 7) is 3.54. The minimum atomic E-state index is -0.599. The minimum Gasteiger partial charge on any atom is -0.381 e. The molecule has 13 heavy (non-hydrogen) atoms. The molecule has 1 aromatic rings. The Kier molecular flexibility index (Phi) is 3.36. The Morgan fingerprint density at radius 1 is 1.46 bits per heavy atom. The van der Waals surface area contributed by atoms with Crippen molar-refractivity contribution < 1.29 is 5.11 Å². The van der Waals surface area contributed by atoms with Crippen molar-refractivity contribution in [1.29, 1.82) is 0 Å². The first-order valence-electron chi connectivity index (χ1n) is 4.06. The molecule has 0 aromatic heterocycles. The van der Waals surface area contributed by atoms with Crippen LogP contribution in [0.25, 0.3) is 0 Å². The fourth-order valence-electron chi connectivity index (χ4n) is 0.925. The van der Waals surface area contributed by atoms with Gasteiger partial charge in [-0.2, -0.15) is 0 Å². The maximum Gasteiger partial charge on any atom is 0.112 e. The van der Waals surface area contributed by atoms with Gasteiger partial charge in [0.1, 0.15) is 6.10 Å². The van der Waals surface area contributed by atoms with E-state index in [1.807, 2.05) is 25.1 Å². The molecule has 0 heterocycles. The minimum absolute atomic E-state index is 0.599. The lowest BCUT2D eigenvalue weighted by molar-refractivity contribution is 0.253. The van der Waals surface area contributed by atoms with Crippen molar-refractivity contribution in [1.82, 2.24) is 0 Å². The van der Waals surface area contributed by atoms with Crippen molar-refractivity contribution in [3.63, 3.8) is 0 Å². The van der Waals surface area contributed by atoms with Gasteiger partial charge in [0.25, 0.3) is 0 Å². The third-order valence-electron chi connectivity index (χ3n) is 1.68. The first-order valence-corrected chi connectivity index (χ1v) is 4.44. The van der Waals surface area contributed by atoms with E-state index in [1.54, 1.807) is 6.92 Å². The Morgan fingerprint density at radius 3 is 2.77 bits per heavy atom. The fourth-order valence-corrected chi connectivity index (χ4v) is 1.10. The molecule has 1 unspecified atom stereocenters. The molecule has 0 amide bonds. The van der Waals surface area contributed by atoms with Gasteiger partial charge in [0.05, 0.1) is 0 Å². The lowest BCUT2D eigenvalue weighted by Crippen LogP contribution is -1.93. The molecule has 1 rings (SSSR count). The van der Waals surface area contributed by atoms with E-state index < -0.39 is 6.10 Å². The quantitative estimate of drug-likeness (QED) is 0.629. The Labute approximate surface area is 83.4 Å². The molecule has 0 aliphatic carbocycles. The summed E-state index contributed by atoms with van der Waals surface area (Å²) in [5, 5.41) is 9.67. The molecule has 68 valence electrons. The molecule has 0 spiro atoms. The number of aliphatic hydroxyl groups excluding tert-OH is 1. The summed E-state index contributed by atoms with van der Waals surface area (Å²) < 4.78 is 0. The highest BCUT2D eigenvalue weighted by molar-refractivity contribution is 6.31. The van der Waals surface area contributed by atoms with Crippen molar-refractivity contribution in [3.8, 4) is 11.8 Å². The van der Waals surface area contributed by atoms with E-state index in [9.17, 15) is 0 Å².